The van der Waals surface area contributed by atoms with Crippen molar-refractivity contribution in [1.82, 2.24) is 0 Å². The molecule has 0 radical (unpaired) electrons. The van der Waals surface area contributed by atoms with Crippen LogP contribution in [0.25, 0.3) is 0 Å². The zero-order chi connectivity index (χ0) is 6.78. The first-order chi connectivity index (χ1) is 3.50. The summed E-state index contributed by atoms with van der Waals surface area (Å²) < 4.78 is 20.7. The van der Waals surface area contributed by atoms with Crippen molar-refractivity contribution in [3.8, 4) is 0 Å². The standard InChI is InChI=1S/C4H8O3S/c1-3-8(6,7)4(2)5/h3-5H,1H2,2H3. The maximum atomic E-state index is 10.3. The topological polar surface area (TPSA) is 54.4 Å². The lowest BCUT2D eigenvalue weighted by Crippen LogP contribution is -2.12. The third-order valence-electron chi connectivity index (χ3n) is 0.708. The smallest absolute Gasteiger partial charge is 0.197 e. The van der Waals surface area contributed by atoms with Crippen molar-refractivity contribution in [2.45, 2.75) is 12.4 Å². The molecular weight excluding hydrogens is 128 g/mol. The van der Waals surface area contributed by atoms with E-state index < -0.39 is 15.3 Å². The van der Waals surface area contributed by atoms with Crippen LogP contribution in [0, 0.1) is 0 Å². The zero-order valence-electron chi connectivity index (χ0n) is 4.53. The van der Waals surface area contributed by atoms with Gasteiger partial charge in [-0.2, -0.15) is 0 Å². The van der Waals surface area contributed by atoms with Gasteiger partial charge in [-0.05, 0) is 6.92 Å². The van der Waals surface area contributed by atoms with Gasteiger partial charge in [-0.15, -0.1) is 0 Å². The fourth-order valence-corrected chi connectivity index (χ4v) is 0.418. The van der Waals surface area contributed by atoms with E-state index in [4.69, 9.17) is 5.11 Å². The van der Waals surface area contributed by atoms with Gasteiger partial charge in [0, 0.05) is 5.41 Å². The van der Waals surface area contributed by atoms with Crippen molar-refractivity contribution >= 4 is 9.84 Å². The van der Waals surface area contributed by atoms with Gasteiger partial charge in [0.1, 0.15) is 0 Å². The minimum absolute atomic E-state index is 0.734. The van der Waals surface area contributed by atoms with Crippen molar-refractivity contribution in [2.75, 3.05) is 0 Å². The fourth-order valence-electron chi connectivity index (χ4n) is 0.139. The third-order valence-corrected chi connectivity index (χ3v) is 2.12. The van der Waals surface area contributed by atoms with Crippen LogP contribution in [0.1, 0.15) is 6.92 Å². The summed E-state index contributed by atoms with van der Waals surface area (Å²) in [4.78, 5) is 0. The van der Waals surface area contributed by atoms with Gasteiger partial charge in [0.15, 0.2) is 15.3 Å². The van der Waals surface area contributed by atoms with E-state index in [0.29, 0.717) is 0 Å². The summed E-state index contributed by atoms with van der Waals surface area (Å²) in [5.74, 6) is 0. The number of aliphatic hydroxyl groups excluding tert-OH is 1. The summed E-state index contributed by atoms with van der Waals surface area (Å²) >= 11 is 0. The summed E-state index contributed by atoms with van der Waals surface area (Å²) in [6.07, 6.45) is 0. The quantitative estimate of drug-likeness (QED) is 0.576. The van der Waals surface area contributed by atoms with Gasteiger partial charge in [-0.1, -0.05) is 6.58 Å². The Kier molecular flexibility index (Phi) is 2.18. The maximum absolute atomic E-state index is 10.3. The maximum Gasteiger partial charge on any atom is 0.197 e. The van der Waals surface area contributed by atoms with Gasteiger partial charge >= 0.3 is 0 Å². The average Bonchev–Trinajstić information content (AvgIpc) is 1.67. The van der Waals surface area contributed by atoms with Crippen molar-refractivity contribution in [3.05, 3.63) is 12.0 Å². The molecule has 3 nitrogen and oxygen atoms in total. The van der Waals surface area contributed by atoms with Crippen LogP contribution in [0.5, 0.6) is 0 Å². The van der Waals surface area contributed by atoms with Gasteiger partial charge in [0.2, 0.25) is 0 Å². The Hall–Kier alpha value is -0.350. The number of hydrogen-bond acceptors (Lipinski definition) is 3. The Balaban J connectivity index is 4.40. The summed E-state index contributed by atoms with van der Waals surface area (Å²) in [7, 11) is -3.42. The van der Waals surface area contributed by atoms with Gasteiger partial charge in [0.05, 0.1) is 0 Å². The van der Waals surface area contributed by atoms with Crippen LogP contribution in [0.15, 0.2) is 12.0 Å². The minimum atomic E-state index is -3.42. The molecule has 0 aromatic rings. The largest absolute Gasteiger partial charge is 0.377 e. The molecule has 1 atom stereocenters. The molecule has 0 bridgehead atoms. The van der Waals surface area contributed by atoms with Crippen LogP contribution in [0.2, 0.25) is 0 Å². The molecule has 1 unspecified atom stereocenters. The van der Waals surface area contributed by atoms with Crippen molar-refractivity contribution in [2.24, 2.45) is 0 Å². The van der Waals surface area contributed by atoms with Gasteiger partial charge in [-0.3, -0.25) is 0 Å². The van der Waals surface area contributed by atoms with Crippen LogP contribution >= 0.6 is 0 Å². The van der Waals surface area contributed by atoms with E-state index >= 15 is 0 Å². The Bertz CT molecular complexity index is 166. The molecule has 0 fully saturated rings. The molecule has 0 heterocycles. The molecule has 0 aromatic heterocycles. The molecule has 48 valence electrons. The molecule has 0 aliphatic carbocycles. The highest BCUT2D eigenvalue weighted by atomic mass is 32.2. The third kappa shape index (κ3) is 1.63. The average molecular weight is 136 g/mol. The molecule has 0 rings (SSSR count). The number of rotatable bonds is 2. The molecule has 0 saturated carbocycles. The van der Waals surface area contributed by atoms with Crippen LogP contribution < -0.4 is 0 Å². The number of aliphatic hydroxyl groups is 1. The normalized spacial score (nSPS) is 15.2. The van der Waals surface area contributed by atoms with Gasteiger partial charge < -0.3 is 5.11 Å². The summed E-state index contributed by atoms with van der Waals surface area (Å²) in [6, 6.07) is 0. The lowest BCUT2D eigenvalue weighted by molar-refractivity contribution is 0.270. The Labute approximate surface area is 48.6 Å². The highest BCUT2D eigenvalue weighted by Crippen LogP contribution is 1.96. The second kappa shape index (κ2) is 2.28. The monoisotopic (exact) mass is 136 g/mol. The lowest BCUT2D eigenvalue weighted by atomic mass is 10.9. The van der Waals surface area contributed by atoms with E-state index in [-0.39, 0.29) is 0 Å². The highest BCUT2D eigenvalue weighted by Gasteiger charge is 2.10. The van der Waals surface area contributed by atoms with Crippen LogP contribution in [0.3, 0.4) is 0 Å². The minimum Gasteiger partial charge on any atom is -0.377 e. The van der Waals surface area contributed by atoms with E-state index in [0.717, 1.165) is 5.41 Å². The first kappa shape index (κ1) is 7.65. The van der Waals surface area contributed by atoms with Crippen LogP contribution in [-0.2, 0) is 9.84 Å². The van der Waals surface area contributed by atoms with E-state index in [1.807, 2.05) is 0 Å². The predicted octanol–water partition coefficient (Wildman–Crippen LogP) is -0.117. The SMILES string of the molecule is C=CS(=O)(=O)C(C)O. The molecule has 0 saturated heterocycles. The molecule has 0 amide bonds. The summed E-state index contributed by atoms with van der Waals surface area (Å²) in [6.45, 7) is 4.18. The Morgan fingerprint density at radius 2 is 2.12 bits per heavy atom. The Morgan fingerprint density at radius 1 is 1.75 bits per heavy atom. The van der Waals surface area contributed by atoms with Crippen LogP contribution in [-0.4, -0.2) is 19.0 Å². The van der Waals surface area contributed by atoms with Gasteiger partial charge in [0.25, 0.3) is 0 Å². The fraction of sp³-hybridized carbons (Fsp3) is 0.500. The van der Waals surface area contributed by atoms with E-state index in [1.54, 1.807) is 0 Å². The van der Waals surface area contributed by atoms with E-state index in [2.05, 4.69) is 6.58 Å². The molecule has 0 aromatic carbocycles. The molecule has 0 aliphatic rings. The van der Waals surface area contributed by atoms with E-state index in [1.165, 1.54) is 6.92 Å². The van der Waals surface area contributed by atoms with Crippen molar-refractivity contribution < 1.29 is 13.5 Å². The molecular formula is C4H8O3S. The van der Waals surface area contributed by atoms with E-state index in [9.17, 15) is 8.42 Å². The second-order valence-corrected chi connectivity index (χ2v) is 3.55. The van der Waals surface area contributed by atoms with Crippen LogP contribution in [0.4, 0.5) is 0 Å². The number of hydrogen-bond donors (Lipinski definition) is 1. The molecule has 1 N–H and O–H groups in total. The predicted molar refractivity (Wildman–Crippen MR) is 30.8 cm³/mol. The van der Waals surface area contributed by atoms with Gasteiger partial charge in [-0.25, -0.2) is 8.42 Å². The molecule has 4 heteroatoms. The zero-order valence-corrected chi connectivity index (χ0v) is 5.35. The van der Waals surface area contributed by atoms with Crippen molar-refractivity contribution in [3.63, 3.8) is 0 Å². The molecule has 8 heavy (non-hydrogen) atoms. The summed E-state index contributed by atoms with van der Waals surface area (Å²) in [5.41, 5.74) is -1.33. The second-order valence-electron chi connectivity index (χ2n) is 1.36. The lowest BCUT2D eigenvalue weighted by Gasteiger charge is -1.97. The Morgan fingerprint density at radius 3 is 2.12 bits per heavy atom. The van der Waals surface area contributed by atoms with Crippen molar-refractivity contribution in [1.29, 1.82) is 0 Å². The first-order valence-electron chi connectivity index (χ1n) is 2.05. The molecule has 0 spiro atoms. The summed E-state index contributed by atoms with van der Waals surface area (Å²) in [5, 5.41) is 9.15. The highest BCUT2D eigenvalue weighted by molar-refractivity contribution is 7.94. The molecule has 0 aliphatic heterocycles. The number of sulfone groups is 1. The first-order valence-corrected chi connectivity index (χ1v) is 3.66.